The maximum absolute atomic E-state index is 12.1. The highest BCUT2D eigenvalue weighted by atomic mass is 127. The number of rotatable bonds is 6. The Hall–Kier alpha value is -0.610. The molecular formula is C18H38IN5O2. The Labute approximate surface area is 176 Å². The van der Waals surface area contributed by atoms with Gasteiger partial charge in [0, 0.05) is 37.8 Å². The molecule has 1 heterocycles. The fraction of sp³-hybridized carbons (Fsp3) is 0.889. The molecule has 1 rings (SSSR count). The first kappa shape index (κ1) is 25.4. The van der Waals surface area contributed by atoms with Gasteiger partial charge in [-0.3, -0.25) is 14.7 Å². The topological polar surface area (TPSA) is 69.2 Å². The number of hydrogen-bond acceptors (Lipinski definition) is 4. The zero-order valence-corrected chi connectivity index (χ0v) is 19.8. The Morgan fingerprint density at radius 1 is 1.42 bits per heavy atom. The second-order valence-electron chi connectivity index (χ2n) is 7.86. The van der Waals surface area contributed by atoms with Gasteiger partial charge in [-0.25, -0.2) is 0 Å². The molecule has 1 amide bonds. The van der Waals surface area contributed by atoms with E-state index in [0.29, 0.717) is 18.6 Å². The Morgan fingerprint density at radius 2 is 2.08 bits per heavy atom. The summed E-state index contributed by atoms with van der Waals surface area (Å²) >= 11 is 0. The quantitative estimate of drug-likeness (QED) is 0.341. The molecule has 1 aliphatic heterocycles. The van der Waals surface area contributed by atoms with Crippen LogP contribution in [-0.2, 0) is 9.53 Å². The van der Waals surface area contributed by atoms with E-state index in [4.69, 9.17) is 9.73 Å². The lowest BCUT2D eigenvalue weighted by Crippen LogP contribution is -2.50. The molecule has 0 saturated carbocycles. The molecule has 2 unspecified atom stereocenters. The SMILES string of the molecule is CCNC(=NCC(C)N1CCOCC1C)N(C)CC(=O)NC(C)(C)C.I. The van der Waals surface area contributed by atoms with E-state index < -0.39 is 0 Å². The molecule has 2 N–H and O–H groups in total. The van der Waals surface area contributed by atoms with Crippen LogP contribution in [-0.4, -0.2) is 85.7 Å². The van der Waals surface area contributed by atoms with E-state index in [1.165, 1.54) is 0 Å². The number of carbonyl (C=O) groups is 1. The highest BCUT2D eigenvalue weighted by Gasteiger charge is 2.24. The third kappa shape index (κ3) is 9.36. The standard InChI is InChI=1S/C18H37N5O2.HI/c1-8-19-17(22(7)12-16(24)21-18(4,5)6)20-11-14(2)23-9-10-25-13-15(23)3;/h14-15H,8-13H2,1-7H3,(H,19,20)(H,21,24);1H. The van der Waals surface area contributed by atoms with Crippen molar-refractivity contribution in [1.29, 1.82) is 0 Å². The van der Waals surface area contributed by atoms with Crippen molar-refractivity contribution in [2.45, 2.75) is 59.2 Å². The van der Waals surface area contributed by atoms with Crippen LogP contribution in [0.3, 0.4) is 0 Å². The van der Waals surface area contributed by atoms with Gasteiger partial charge in [-0.05, 0) is 41.5 Å². The number of amides is 1. The lowest BCUT2D eigenvalue weighted by atomic mass is 10.1. The molecule has 0 aromatic heterocycles. The maximum Gasteiger partial charge on any atom is 0.240 e. The smallest absolute Gasteiger partial charge is 0.240 e. The molecule has 154 valence electrons. The summed E-state index contributed by atoms with van der Waals surface area (Å²) in [5.74, 6) is 0.759. The van der Waals surface area contributed by atoms with Gasteiger partial charge in [0.1, 0.15) is 0 Å². The van der Waals surface area contributed by atoms with Gasteiger partial charge in [-0.15, -0.1) is 24.0 Å². The average Bonchev–Trinajstić information content (AvgIpc) is 2.49. The van der Waals surface area contributed by atoms with Crippen molar-refractivity contribution in [2.24, 2.45) is 4.99 Å². The molecule has 0 spiro atoms. The maximum atomic E-state index is 12.1. The van der Waals surface area contributed by atoms with Crippen LogP contribution in [0.2, 0.25) is 0 Å². The van der Waals surface area contributed by atoms with Gasteiger partial charge in [0.25, 0.3) is 0 Å². The normalized spacial score (nSPS) is 20.1. The second kappa shape index (κ2) is 12.0. The monoisotopic (exact) mass is 483 g/mol. The minimum absolute atomic E-state index is 0. The molecule has 0 radical (unpaired) electrons. The first-order valence-corrected chi connectivity index (χ1v) is 9.28. The van der Waals surface area contributed by atoms with Gasteiger partial charge in [0.2, 0.25) is 5.91 Å². The van der Waals surface area contributed by atoms with Gasteiger partial charge in [-0.2, -0.15) is 0 Å². The van der Waals surface area contributed by atoms with Crippen LogP contribution in [0.25, 0.3) is 0 Å². The van der Waals surface area contributed by atoms with E-state index in [1.807, 2.05) is 39.6 Å². The summed E-state index contributed by atoms with van der Waals surface area (Å²) < 4.78 is 5.51. The summed E-state index contributed by atoms with van der Waals surface area (Å²) in [6, 6.07) is 0.751. The van der Waals surface area contributed by atoms with Crippen molar-refractivity contribution in [2.75, 3.05) is 46.4 Å². The van der Waals surface area contributed by atoms with E-state index in [0.717, 1.165) is 32.3 Å². The largest absolute Gasteiger partial charge is 0.379 e. The van der Waals surface area contributed by atoms with Crippen LogP contribution in [0.5, 0.6) is 0 Å². The van der Waals surface area contributed by atoms with Crippen molar-refractivity contribution in [3.05, 3.63) is 0 Å². The number of hydrogen-bond donors (Lipinski definition) is 2. The average molecular weight is 483 g/mol. The number of nitrogens with zero attached hydrogens (tertiary/aromatic N) is 3. The molecule has 1 saturated heterocycles. The van der Waals surface area contributed by atoms with Gasteiger partial charge < -0.3 is 20.3 Å². The first-order chi connectivity index (χ1) is 11.6. The minimum Gasteiger partial charge on any atom is -0.379 e. The second-order valence-corrected chi connectivity index (χ2v) is 7.86. The van der Waals surface area contributed by atoms with Gasteiger partial charge in [-0.1, -0.05) is 0 Å². The third-order valence-corrected chi connectivity index (χ3v) is 4.08. The van der Waals surface area contributed by atoms with E-state index in [9.17, 15) is 4.79 Å². The Morgan fingerprint density at radius 3 is 2.62 bits per heavy atom. The summed E-state index contributed by atoms with van der Waals surface area (Å²) in [7, 11) is 1.89. The van der Waals surface area contributed by atoms with Crippen LogP contribution in [0.1, 0.15) is 41.5 Å². The van der Waals surface area contributed by atoms with Gasteiger partial charge in [0.05, 0.1) is 26.3 Å². The van der Waals surface area contributed by atoms with Gasteiger partial charge >= 0.3 is 0 Å². The number of nitrogens with one attached hydrogen (secondary N) is 2. The number of halogens is 1. The number of guanidine groups is 1. The Bertz CT molecular complexity index is 453. The number of likely N-dealkylation sites (N-methyl/N-ethyl adjacent to an activating group) is 1. The fourth-order valence-corrected chi connectivity index (χ4v) is 2.94. The zero-order valence-electron chi connectivity index (χ0n) is 17.5. The van der Waals surface area contributed by atoms with Gasteiger partial charge in [0.15, 0.2) is 5.96 Å². The summed E-state index contributed by atoms with van der Waals surface area (Å²) in [6.07, 6.45) is 0. The van der Waals surface area contributed by atoms with Crippen molar-refractivity contribution in [3.63, 3.8) is 0 Å². The van der Waals surface area contributed by atoms with E-state index in [2.05, 4.69) is 29.4 Å². The number of ether oxygens (including phenoxy) is 1. The van der Waals surface area contributed by atoms with E-state index >= 15 is 0 Å². The molecule has 8 heteroatoms. The summed E-state index contributed by atoms with van der Waals surface area (Å²) in [5, 5.41) is 6.26. The van der Waals surface area contributed by atoms with Crippen LogP contribution in [0, 0.1) is 0 Å². The highest BCUT2D eigenvalue weighted by Crippen LogP contribution is 2.11. The minimum atomic E-state index is -0.228. The number of morpholine rings is 1. The van der Waals surface area contributed by atoms with Crippen LogP contribution in [0.15, 0.2) is 4.99 Å². The summed E-state index contributed by atoms with van der Waals surface area (Å²) in [4.78, 5) is 21.2. The predicted octanol–water partition coefficient (Wildman–Crippen LogP) is 1.53. The molecule has 0 aromatic carbocycles. The number of carbonyl (C=O) groups excluding carboxylic acids is 1. The number of aliphatic imine (C=N–C) groups is 1. The van der Waals surface area contributed by atoms with Crippen molar-refractivity contribution in [3.8, 4) is 0 Å². The lowest BCUT2D eigenvalue weighted by Gasteiger charge is -2.37. The van der Waals surface area contributed by atoms with E-state index in [1.54, 1.807) is 0 Å². The predicted molar refractivity (Wildman–Crippen MR) is 118 cm³/mol. The fourth-order valence-electron chi connectivity index (χ4n) is 2.94. The van der Waals surface area contributed by atoms with E-state index in [-0.39, 0.29) is 42.0 Å². The Balaban J connectivity index is 0.00000625. The molecule has 0 bridgehead atoms. The lowest BCUT2D eigenvalue weighted by molar-refractivity contribution is -0.122. The van der Waals surface area contributed by atoms with Crippen molar-refractivity contribution in [1.82, 2.24) is 20.4 Å². The van der Waals surface area contributed by atoms with Crippen LogP contribution in [0.4, 0.5) is 0 Å². The first-order valence-electron chi connectivity index (χ1n) is 9.28. The highest BCUT2D eigenvalue weighted by molar-refractivity contribution is 14.0. The molecule has 0 aliphatic carbocycles. The van der Waals surface area contributed by atoms with Crippen LogP contribution >= 0.6 is 24.0 Å². The third-order valence-electron chi connectivity index (χ3n) is 4.08. The summed E-state index contributed by atoms with van der Waals surface area (Å²) in [6.45, 7) is 16.6. The van der Waals surface area contributed by atoms with Crippen molar-refractivity contribution >= 4 is 35.8 Å². The van der Waals surface area contributed by atoms with Crippen LogP contribution < -0.4 is 10.6 Å². The summed E-state index contributed by atoms with van der Waals surface area (Å²) in [5.41, 5.74) is -0.228. The van der Waals surface area contributed by atoms with Crippen molar-refractivity contribution < 1.29 is 9.53 Å². The zero-order chi connectivity index (χ0) is 19.0. The molecule has 1 fully saturated rings. The molecule has 2 atom stereocenters. The molecule has 1 aliphatic rings. The Kier molecular flexibility index (Phi) is 11.7. The molecule has 26 heavy (non-hydrogen) atoms. The molecule has 7 nitrogen and oxygen atoms in total. The molecular weight excluding hydrogens is 445 g/mol. The molecule has 0 aromatic rings.